The van der Waals surface area contributed by atoms with Crippen LogP contribution < -0.4 is 10.1 Å². The van der Waals surface area contributed by atoms with Crippen LogP contribution >= 0.6 is 11.6 Å². The summed E-state index contributed by atoms with van der Waals surface area (Å²) >= 11 is 5.83. The Hall–Kier alpha value is -1.75. The highest BCUT2D eigenvalue weighted by molar-refractivity contribution is 6.32. The number of rotatable bonds is 4. The molecule has 1 rings (SSSR count). The van der Waals surface area contributed by atoms with Gasteiger partial charge in [-0.05, 0) is 12.1 Å². The Morgan fingerprint density at radius 1 is 1.50 bits per heavy atom. The molecular formula is C10H10ClNO4. The molecular weight excluding hydrogens is 234 g/mol. The van der Waals surface area contributed by atoms with Gasteiger partial charge < -0.3 is 15.2 Å². The first-order valence-electron chi connectivity index (χ1n) is 4.38. The summed E-state index contributed by atoms with van der Waals surface area (Å²) in [6.45, 7) is 0. The predicted molar refractivity (Wildman–Crippen MR) is 58.9 cm³/mol. The predicted octanol–water partition coefficient (Wildman–Crippen LogP) is 1.76. The van der Waals surface area contributed by atoms with Crippen molar-refractivity contribution in [2.24, 2.45) is 0 Å². The summed E-state index contributed by atoms with van der Waals surface area (Å²) in [5.74, 6) is -1.52. The molecule has 6 heteroatoms. The number of anilines is 1. The molecule has 1 aromatic carbocycles. The third-order valence-corrected chi connectivity index (χ3v) is 2.05. The van der Waals surface area contributed by atoms with E-state index in [0.717, 1.165) is 0 Å². The lowest BCUT2D eigenvalue weighted by Crippen LogP contribution is -2.16. The summed E-state index contributed by atoms with van der Waals surface area (Å²) < 4.78 is 4.99. The number of ether oxygens (including phenoxy) is 1. The standard InChI is InChI=1S/C10H10ClNO4/c1-16-10-6(11)3-2-4-7(10)12-8(13)5-9(14)15/h2-4H,5H2,1H3,(H,12,13)(H,14,15). The van der Waals surface area contributed by atoms with Gasteiger partial charge in [0.05, 0.1) is 17.8 Å². The van der Waals surface area contributed by atoms with Crippen molar-refractivity contribution >= 4 is 29.2 Å². The van der Waals surface area contributed by atoms with E-state index in [0.29, 0.717) is 16.5 Å². The number of hydrogen-bond donors (Lipinski definition) is 2. The van der Waals surface area contributed by atoms with Crippen LogP contribution in [0.25, 0.3) is 0 Å². The number of halogens is 1. The molecule has 0 saturated carbocycles. The van der Waals surface area contributed by atoms with Gasteiger partial charge in [0.25, 0.3) is 0 Å². The second-order valence-corrected chi connectivity index (χ2v) is 3.35. The first-order chi connectivity index (χ1) is 7.54. The van der Waals surface area contributed by atoms with Crippen molar-refractivity contribution in [3.8, 4) is 5.75 Å². The smallest absolute Gasteiger partial charge is 0.312 e. The molecule has 16 heavy (non-hydrogen) atoms. The molecule has 0 fully saturated rings. The quantitative estimate of drug-likeness (QED) is 0.790. The number of aliphatic carboxylic acids is 1. The van der Waals surface area contributed by atoms with Gasteiger partial charge in [-0.3, -0.25) is 9.59 Å². The molecule has 86 valence electrons. The van der Waals surface area contributed by atoms with Gasteiger partial charge in [-0.25, -0.2) is 0 Å². The van der Waals surface area contributed by atoms with Crippen LogP contribution in [0.1, 0.15) is 6.42 Å². The summed E-state index contributed by atoms with van der Waals surface area (Å²) in [5, 5.41) is 11.2. The maximum atomic E-state index is 11.2. The van der Waals surface area contributed by atoms with E-state index in [1.54, 1.807) is 18.2 Å². The Balaban J connectivity index is 2.84. The number of methoxy groups -OCH3 is 1. The van der Waals surface area contributed by atoms with E-state index in [-0.39, 0.29) is 0 Å². The topological polar surface area (TPSA) is 75.6 Å². The zero-order chi connectivity index (χ0) is 12.1. The second kappa shape index (κ2) is 5.37. The van der Waals surface area contributed by atoms with Crippen molar-refractivity contribution in [2.75, 3.05) is 12.4 Å². The summed E-state index contributed by atoms with van der Waals surface area (Å²) in [5.41, 5.74) is 0.348. The third kappa shape index (κ3) is 3.13. The monoisotopic (exact) mass is 243 g/mol. The van der Waals surface area contributed by atoms with Crippen molar-refractivity contribution in [3.05, 3.63) is 23.2 Å². The summed E-state index contributed by atoms with van der Waals surface area (Å²) in [4.78, 5) is 21.5. The van der Waals surface area contributed by atoms with E-state index >= 15 is 0 Å². The molecule has 0 aliphatic carbocycles. The minimum atomic E-state index is -1.20. The van der Waals surface area contributed by atoms with Crippen molar-refractivity contribution < 1.29 is 19.4 Å². The highest BCUT2D eigenvalue weighted by Crippen LogP contribution is 2.32. The number of carbonyl (C=O) groups is 2. The van der Waals surface area contributed by atoms with Gasteiger partial charge in [-0.2, -0.15) is 0 Å². The van der Waals surface area contributed by atoms with Gasteiger partial charge in [0.1, 0.15) is 6.42 Å². The van der Waals surface area contributed by atoms with Gasteiger partial charge >= 0.3 is 5.97 Å². The van der Waals surface area contributed by atoms with Crippen molar-refractivity contribution in [3.63, 3.8) is 0 Å². The molecule has 1 amide bonds. The van der Waals surface area contributed by atoms with Crippen LogP contribution in [0.15, 0.2) is 18.2 Å². The number of amides is 1. The van der Waals surface area contributed by atoms with Crippen LogP contribution in [-0.2, 0) is 9.59 Å². The molecule has 0 aliphatic rings. The lowest BCUT2D eigenvalue weighted by molar-refractivity contribution is -0.139. The van der Waals surface area contributed by atoms with Gasteiger partial charge in [0.2, 0.25) is 5.91 Å². The molecule has 0 heterocycles. The minimum absolute atomic E-state index is 0.308. The van der Waals surface area contributed by atoms with Gasteiger partial charge in [0, 0.05) is 0 Å². The third-order valence-electron chi connectivity index (χ3n) is 1.76. The van der Waals surface area contributed by atoms with Crippen molar-refractivity contribution in [2.45, 2.75) is 6.42 Å². The maximum absolute atomic E-state index is 11.2. The highest BCUT2D eigenvalue weighted by atomic mass is 35.5. The van der Waals surface area contributed by atoms with Gasteiger partial charge in [0.15, 0.2) is 5.75 Å². The van der Waals surface area contributed by atoms with Crippen LogP contribution in [-0.4, -0.2) is 24.1 Å². The Bertz CT molecular complexity index is 419. The zero-order valence-corrected chi connectivity index (χ0v) is 9.25. The molecule has 0 aromatic heterocycles. The van der Waals surface area contributed by atoms with Crippen molar-refractivity contribution in [1.82, 2.24) is 0 Å². The number of nitrogens with one attached hydrogen (secondary N) is 1. The zero-order valence-electron chi connectivity index (χ0n) is 8.49. The first-order valence-corrected chi connectivity index (χ1v) is 4.76. The normalized spacial score (nSPS) is 9.62. The molecule has 5 nitrogen and oxygen atoms in total. The van der Waals surface area contributed by atoms with Crippen LogP contribution in [0, 0.1) is 0 Å². The molecule has 0 saturated heterocycles. The summed E-state index contributed by atoms with van der Waals surface area (Å²) in [6.07, 6.45) is -0.602. The lowest BCUT2D eigenvalue weighted by atomic mass is 10.2. The SMILES string of the molecule is COc1c(Cl)cccc1NC(=O)CC(=O)O. The molecule has 0 bridgehead atoms. The summed E-state index contributed by atoms with van der Waals surface area (Å²) in [7, 11) is 1.41. The van der Waals surface area contributed by atoms with Crippen LogP contribution in [0.5, 0.6) is 5.75 Å². The fraction of sp³-hybridized carbons (Fsp3) is 0.200. The molecule has 2 N–H and O–H groups in total. The molecule has 0 radical (unpaired) electrons. The first kappa shape index (κ1) is 12.3. The average molecular weight is 244 g/mol. The highest BCUT2D eigenvalue weighted by Gasteiger charge is 2.12. The number of carboxylic acids is 1. The second-order valence-electron chi connectivity index (χ2n) is 2.94. The average Bonchev–Trinajstić information content (AvgIpc) is 2.16. The fourth-order valence-electron chi connectivity index (χ4n) is 1.15. The number of carbonyl (C=O) groups excluding carboxylic acids is 1. The molecule has 1 aromatic rings. The van der Waals surface area contributed by atoms with E-state index in [2.05, 4.69) is 5.32 Å². The van der Waals surface area contributed by atoms with E-state index in [1.165, 1.54) is 7.11 Å². The van der Waals surface area contributed by atoms with E-state index in [1.807, 2.05) is 0 Å². The number of hydrogen-bond acceptors (Lipinski definition) is 3. The number of benzene rings is 1. The molecule has 0 unspecified atom stereocenters. The Kier molecular flexibility index (Phi) is 4.13. The number of carboxylic acid groups (broad SMARTS) is 1. The van der Waals surface area contributed by atoms with Crippen LogP contribution in [0.3, 0.4) is 0 Å². The van der Waals surface area contributed by atoms with Crippen LogP contribution in [0.4, 0.5) is 5.69 Å². The maximum Gasteiger partial charge on any atom is 0.312 e. The lowest BCUT2D eigenvalue weighted by Gasteiger charge is -2.10. The molecule has 0 atom stereocenters. The van der Waals surface area contributed by atoms with Gasteiger partial charge in [-0.15, -0.1) is 0 Å². The Morgan fingerprint density at radius 3 is 2.75 bits per heavy atom. The van der Waals surface area contributed by atoms with E-state index < -0.39 is 18.3 Å². The van der Waals surface area contributed by atoms with E-state index in [4.69, 9.17) is 21.4 Å². The Morgan fingerprint density at radius 2 is 2.19 bits per heavy atom. The largest absolute Gasteiger partial charge is 0.493 e. The summed E-state index contributed by atoms with van der Waals surface area (Å²) in [6, 6.07) is 4.80. The fourth-order valence-corrected chi connectivity index (χ4v) is 1.40. The van der Waals surface area contributed by atoms with Crippen molar-refractivity contribution in [1.29, 1.82) is 0 Å². The number of para-hydroxylation sites is 1. The Labute approximate surface area is 97.0 Å². The molecule has 0 aliphatic heterocycles. The van der Waals surface area contributed by atoms with Crippen LogP contribution in [0.2, 0.25) is 5.02 Å². The molecule has 0 spiro atoms. The minimum Gasteiger partial charge on any atom is -0.493 e. The van der Waals surface area contributed by atoms with Gasteiger partial charge in [-0.1, -0.05) is 17.7 Å². The van der Waals surface area contributed by atoms with E-state index in [9.17, 15) is 9.59 Å².